The van der Waals surface area contributed by atoms with Crippen LogP contribution in [0.4, 0.5) is 0 Å². The van der Waals surface area contributed by atoms with Gasteiger partial charge in [-0.25, -0.2) is 0 Å². The number of nitrogens with zero attached hydrogens (tertiary/aromatic N) is 1. The van der Waals surface area contributed by atoms with Crippen molar-refractivity contribution in [3.05, 3.63) is 0 Å². The van der Waals surface area contributed by atoms with E-state index in [-0.39, 0.29) is 5.41 Å². The van der Waals surface area contributed by atoms with Gasteiger partial charge >= 0.3 is 0 Å². The van der Waals surface area contributed by atoms with E-state index in [1.807, 2.05) is 0 Å². The molecule has 1 heterocycles. The Hall–Kier alpha value is -0.590. The van der Waals surface area contributed by atoms with Gasteiger partial charge in [0.1, 0.15) is 0 Å². The van der Waals surface area contributed by atoms with Crippen molar-refractivity contribution in [1.82, 2.24) is 5.32 Å². The van der Waals surface area contributed by atoms with Crippen LogP contribution in [0.5, 0.6) is 0 Å². The maximum Gasteiger partial charge on any atom is 0.0700 e. The minimum atomic E-state index is 0.217. The van der Waals surface area contributed by atoms with Gasteiger partial charge in [-0.05, 0) is 24.7 Å². The van der Waals surface area contributed by atoms with Crippen molar-refractivity contribution >= 4 is 0 Å². The Kier molecular flexibility index (Phi) is 5.07. The van der Waals surface area contributed by atoms with Crippen molar-refractivity contribution in [2.45, 2.75) is 45.6 Å². The van der Waals surface area contributed by atoms with Crippen molar-refractivity contribution in [3.8, 4) is 6.07 Å². The molecule has 0 aromatic rings. The molecule has 1 aliphatic rings. The van der Waals surface area contributed by atoms with Crippen LogP contribution in [0.1, 0.15) is 39.5 Å². The maximum atomic E-state index is 8.54. The van der Waals surface area contributed by atoms with E-state index in [9.17, 15) is 0 Å². The lowest BCUT2D eigenvalue weighted by Crippen LogP contribution is -2.34. The minimum Gasteiger partial charge on any atom is -0.377 e. The number of rotatable bonds is 6. The molecule has 0 aromatic heterocycles. The highest BCUT2D eigenvalue weighted by Gasteiger charge is 2.19. The Balaban J connectivity index is 2.09. The second-order valence-electron chi connectivity index (χ2n) is 5.09. The van der Waals surface area contributed by atoms with Gasteiger partial charge in [0.15, 0.2) is 0 Å². The normalized spacial score (nSPS) is 21.5. The third-order valence-electron chi connectivity index (χ3n) is 2.91. The van der Waals surface area contributed by atoms with Crippen molar-refractivity contribution in [2.75, 3.05) is 19.7 Å². The summed E-state index contributed by atoms with van der Waals surface area (Å²) in [5.74, 6) is 0. The van der Waals surface area contributed by atoms with Gasteiger partial charge in [-0.15, -0.1) is 0 Å². The van der Waals surface area contributed by atoms with Crippen LogP contribution in [-0.4, -0.2) is 25.8 Å². The summed E-state index contributed by atoms with van der Waals surface area (Å²) in [6.07, 6.45) is 4.41. The molecule has 1 rings (SSSR count). The molecule has 1 saturated heterocycles. The van der Waals surface area contributed by atoms with Crippen LogP contribution in [0.3, 0.4) is 0 Å². The summed E-state index contributed by atoms with van der Waals surface area (Å²) in [7, 11) is 0. The fraction of sp³-hybridized carbons (Fsp3) is 0.917. The summed E-state index contributed by atoms with van der Waals surface area (Å²) in [5, 5.41) is 12.0. The molecular formula is C12H22N2O. The highest BCUT2D eigenvalue weighted by Crippen LogP contribution is 2.20. The van der Waals surface area contributed by atoms with Gasteiger partial charge in [0.05, 0.1) is 12.2 Å². The Bertz CT molecular complexity index is 214. The molecule has 1 fully saturated rings. The predicted octanol–water partition coefficient (Wildman–Crippen LogP) is 2.08. The largest absolute Gasteiger partial charge is 0.377 e. The van der Waals surface area contributed by atoms with E-state index in [4.69, 9.17) is 10.00 Å². The predicted molar refractivity (Wildman–Crippen MR) is 60.5 cm³/mol. The molecule has 3 nitrogen and oxygen atoms in total. The van der Waals surface area contributed by atoms with E-state index in [1.54, 1.807) is 0 Å². The van der Waals surface area contributed by atoms with E-state index in [2.05, 4.69) is 25.2 Å². The molecule has 0 spiro atoms. The Morgan fingerprint density at radius 3 is 2.93 bits per heavy atom. The zero-order valence-corrected chi connectivity index (χ0v) is 9.88. The van der Waals surface area contributed by atoms with Gasteiger partial charge in [0.2, 0.25) is 0 Å². The molecule has 86 valence electrons. The molecule has 0 aromatic carbocycles. The lowest BCUT2D eigenvalue weighted by atomic mass is 9.88. The molecule has 1 atom stereocenters. The standard InChI is InChI=1S/C12H22N2O/c1-12(2,6-4-7-13)10-14-9-11-5-3-8-15-11/h11,14H,3-6,8-10H2,1-2H3. The average Bonchev–Trinajstić information content (AvgIpc) is 2.67. The molecular weight excluding hydrogens is 188 g/mol. The van der Waals surface area contributed by atoms with Gasteiger partial charge in [0.25, 0.3) is 0 Å². The number of hydrogen-bond acceptors (Lipinski definition) is 3. The quantitative estimate of drug-likeness (QED) is 0.730. The monoisotopic (exact) mass is 210 g/mol. The van der Waals surface area contributed by atoms with Gasteiger partial charge in [-0.1, -0.05) is 13.8 Å². The fourth-order valence-corrected chi connectivity index (χ4v) is 1.86. The van der Waals surface area contributed by atoms with Crippen LogP contribution in [0, 0.1) is 16.7 Å². The summed E-state index contributed by atoms with van der Waals surface area (Å²) in [6, 6.07) is 2.20. The van der Waals surface area contributed by atoms with E-state index >= 15 is 0 Å². The summed E-state index contributed by atoms with van der Waals surface area (Å²) in [4.78, 5) is 0. The molecule has 15 heavy (non-hydrogen) atoms. The van der Waals surface area contributed by atoms with Crippen molar-refractivity contribution in [3.63, 3.8) is 0 Å². The van der Waals surface area contributed by atoms with Gasteiger partial charge in [0, 0.05) is 26.1 Å². The van der Waals surface area contributed by atoms with Gasteiger partial charge < -0.3 is 10.1 Å². The Morgan fingerprint density at radius 1 is 1.53 bits per heavy atom. The second kappa shape index (κ2) is 6.09. The first-order chi connectivity index (χ1) is 7.14. The molecule has 0 saturated carbocycles. The van der Waals surface area contributed by atoms with Crippen LogP contribution in [0.25, 0.3) is 0 Å². The maximum absolute atomic E-state index is 8.54. The summed E-state index contributed by atoms with van der Waals surface area (Å²) in [5.41, 5.74) is 0.217. The molecule has 1 N–H and O–H groups in total. The van der Waals surface area contributed by atoms with Crippen molar-refractivity contribution in [1.29, 1.82) is 5.26 Å². The summed E-state index contributed by atoms with van der Waals surface area (Å²) >= 11 is 0. The molecule has 0 bridgehead atoms. The second-order valence-corrected chi connectivity index (χ2v) is 5.09. The highest BCUT2D eigenvalue weighted by molar-refractivity contribution is 4.79. The summed E-state index contributed by atoms with van der Waals surface area (Å²) in [6.45, 7) is 7.24. The number of nitrogens with one attached hydrogen (secondary N) is 1. The van der Waals surface area contributed by atoms with Crippen molar-refractivity contribution < 1.29 is 4.74 Å². The van der Waals surface area contributed by atoms with E-state index < -0.39 is 0 Å². The van der Waals surface area contributed by atoms with Crippen molar-refractivity contribution in [2.24, 2.45) is 5.41 Å². The first-order valence-corrected chi connectivity index (χ1v) is 5.83. The Labute approximate surface area is 92.8 Å². The van der Waals surface area contributed by atoms with E-state index in [0.717, 1.165) is 26.1 Å². The molecule has 0 radical (unpaired) electrons. The van der Waals surface area contributed by atoms with E-state index in [1.165, 1.54) is 12.8 Å². The van der Waals surface area contributed by atoms with Crippen LogP contribution < -0.4 is 5.32 Å². The SMILES string of the molecule is CC(C)(CCC#N)CNCC1CCCO1. The number of hydrogen-bond donors (Lipinski definition) is 1. The van der Waals surface area contributed by atoms with Gasteiger partial charge in [-0.3, -0.25) is 0 Å². The number of ether oxygens (including phenoxy) is 1. The van der Waals surface area contributed by atoms with Crippen LogP contribution in [-0.2, 0) is 4.74 Å². The van der Waals surface area contributed by atoms with Crippen LogP contribution in [0.15, 0.2) is 0 Å². The third kappa shape index (κ3) is 5.15. The molecule has 0 aliphatic carbocycles. The average molecular weight is 210 g/mol. The highest BCUT2D eigenvalue weighted by atomic mass is 16.5. The third-order valence-corrected chi connectivity index (χ3v) is 2.91. The first-order valence-electron chi connectivity index (χ1n) is 5.83. The minimum absolute atomic E-state index is 0.217. The summed E-state index contributed by atoms with van der Waals surface area (Å²) < 4.78 is 5.53. The molecule has 1 unspecified atom stereocenters. The smallest absolute Gasteiger partial charge is 0.0700 e. The molecule has 3 heteroatoms. The zero-order valence-electron chi connectivity index (χ0n) is 9.88. The zero-order chi connectivity index (χ0) is 11.1. The van der Waals surface area contributed by atoms with Gasteiger partial charge in [-0.2, -0.15) is 5.26 Å². The lowest BCUT2D eigenvalue weighted by molar-refractivity contribution is 0.107. The number of nitriles is 1. The fourth-order valence-electron chi connectivity index (χ4n) is 1.86. The van der Waals surface area contributed by atoms with E-state index in [0.29, 0.717) is 12.5 Å². The molecule has 0 amide bonds. The van der Waals surface area contributed by atoms with Crippen LogP contribution >= 0.6 is 0 Å². The molecule has 1 aliphatic heterocycles. The topological polar surface area (TPSA) is 45.0 Å². The van der Waals surface area contributed by atoms with Crippen LogP contribution in [0.2, 0.25) is 0 Å². The Morgan fingerprint density at radius 2 is 2.33 bits per heavy atom. The first kappa shape index (κ1) is 12.5. The lowest BCUT2D eigenvalue weighted by Gasteiger charge is -2.24.